The van der Waals surface area contributed by atoms with Crippen molar-refractivity contribution in [1.82, 2.24) is 10.4 Å². The van der Waals surface area contributed by atoms with Crippen LogP contribution in [0.4, 0.5) is 0 Å². The summed E-state index contributed by atoms with van der Waals surface area (Å²) in [6, 6.07) is 3.07. The van der Waals surface area contributed by atoms with Crippen LogP contribution in [-0.2, 0) is 0 Å². The number of rotatable bonds is 2. The van der Waals surface area contributed by atoms with E-state index in [0.717, 1.165) is 31.4 Å². The monoisotopic (exact) mass is 271 g/mol. The van der Waals surface area contributed by atoms with Gasteiger partial charge >= 0.3 is 0 Å². The van der Waals surface area contributed by atoms with Crippen LogP contribution in [0.15, 0.2) is 17.2 Å². The molecule has 0 aromatic carbocycles. The zero-order chi connectivity index (χ0) is 12.3. The molecule has 0 unspecified atom stereocenters. The van der Waals surface area contributed by atoms with Crippen molar-refractivity contribution in [3.8, 4) is 0 Å². The van der Waals surface area contributed by atoms with Crippen molar-refractivity contribution in [2.45, 2.75) is 25.7 Å². The van der Waals surface area contributed by atoms with Crippen LogP contribution in [-0.4, -0.2) is 16.6 Å². The first kappa shape index (κ1) is 12.3. The summed E-state index contributed by atoms with van der Waals surface area (Å²) in [5, 5.41) is 4.54. The lowest BCUT2D eigenvalue weighted by molar-refractivity contribution is 0.0950. The van der Waals surface area contributed by atoms with Gasteiger partial charge in [0.05, 0.1) is 5.02 Å². The highest BCUT2D eigenvalue weighted by Crippen LogP contribution is 2.17. The number of halogens is 2. The molecule has 1 aromatic rings. The van der Waals surface area contributed by atoms with Crippen molar-refractivity contribution in [2.24, 2.45) is 5.10 Å². The number of aromatic nitrogens is 1. The van der Waals surface area contributed by atoms with Gasteiger partial charge in [0.2, 0.25) is 0 Å². The summed E-state index contributed by atoms with van der Waals surface area (Å²) in [4.78, 5) is 15.6. The minimum absolute atomic E-state index is 0.0986. The molecule has 0 aliphatic heterocycles. The Labute approximate surface area is 109 Å². The van der Waals surface area contributed by atoms with Crippen molar-refractivity contribution >= 4 is 34.8 Å². The summed E-state index contributed by atoms with van der Waals surface area (Å²) in [6.07, 6.45) is 4.14. The van der Waals surface area contributed by atoms with Crippen LogP contribution in [0, 0.1) is 0 Å². The highest BCUT2D eigenvalue weighted by molar-refractivity contribution is 6.34. The molecule has 0 radical (unpaired) electrons. The van der Waals surface area contributed by atoms with Crippen LogP contribution in [0.25, 0.3) is 0 Å². The van der Waals surface area contributed by atoms with Crippen molar-refractivity contribution in [3.05, 3.63) is 28.0 Å². The van der Waals surface area contributed by atoms with E-state index in [1.165, 1.54) is 12.1 Å². The molecule has 90 valence electrons. The fourth-order valence-electron chi connectivity index (χ4n) is 1.66. The molecule has 17 heavy (non-hydrogen) atoms. The quantitative estimate of drug-likeness (QED) is 0.664. The molecule has 4 nitrogen and oxygen atoms in total. The van der Waals surface area contributed by atoms with Crippen LogP contribution in [0.2, 0.25) is 10.2 Å². The molecule has 6 heteroatoms. The average molecular weight is 272 g/mol. The van der Waals surface area contributed by atoms with E-state index in [-0.39, 0.29) is 15.9 Å². The summed E-state index contributed by atoms with van der Waals surface area (Å²) in [5.74, 6) is -0.433. The Bertz CT molecular complexity index is 466. The maximum absolute atomic E-state index is 11.8. The molecule has 1 aromatic heterocycles. The molecule has 2 rings (SSSR count). The lowest BCUT2D eigenvalue weighted by Gasteiger charge is -2.03. The number of pyridine rings is 1. The molecular formula is C11H11Cl2N3O. The van der Waals surface area contributed by atoms with Crippen molar-refractivity contribution in [3.63, 3.8) is 0 Å². The van der Waals surface area contributed by atoms with Gasteiger partial charge in [-0.15, -0.1) is 0 Å². The molecule has 0 bridgehead atoms. The van der Waals surface area contributed by atoms with E-state index in [1.807, 2.05) is 0 Å². The first-order chi connectivity index (χ1) is 8.16. The number of carbonyl (C=O) groups is 1. The minimum Gasteiger partial charge on any atom is -0.265 e. The zero-order valence-electron chi connectivity index (χ0n) is 9.04. The van der Waals surface area contributed by atoms with Gasteiger partial charge in [-0.2, -0.15) is 5.10 Å². The molecule has 1 amide bonds. The Morgan fingerprint density at radius 1 is 1.29 bits per heavy atom. The number of nitrogens with zero attached hydrogens (tertiary/aromatic N) is 2. The van der Waals surface area contributed by atoms with Gasteiger partial charge in [0.25, 0.3) is 5.91 Å². The minimum atomic E-state index is -0.433. The Morgan fingerprint density at radius 3 is 2.71 bits per heavy atom. The summed E-state index contributed by atoms with van der Waals surface area (Å²) < 4.78 is 0. The van der Waals surface area contributed by atoms with Gasteiger partial charge in [-0.25, -0.2) is 10.4 Å². The van der Waals surface area contributed by atoms with Gasteiger partial charge in [-0.05, 0) is 37.8 Å². The molecule has 1 saturated carbocycles. The first-order valence-electron chi connectivity index (χ1n) is 5.34. The van der Waals surface area contributed by atoms with Crippen molar-refractivity contribution < 1.29 is 4.79 Å². The van der Waals surface area contributed by atoms with E-state index in [9.17, 15) is 4.79 Å². The maximum atomic E-state index is 11.8. The molecule has 1 heterocycles. The van der Waals surface area contributed by atoms with E-state index in [2.05, 4.69) is 15.5 Å². The molecule has 0 atom stereocenters. The van der Waals surface area contributed by atoms with E-state index < -0.39 is 5.91 Å². The molecule has 1 aliphatic carbocycles. The van der Waals surface area contributed by atoms with Gasteiger partial charge in [0.1, 0.15) is 10.8 Å². The number of hydrazone groups is 1. The van der Waals surface area contributed by atoms with Gasteiger partial charge in [-0.3, -0.25) is 4.79 Å². The van der Waals surface area contributed by atoms with Crippen LogP contribution in [0.1, 0.15) is 36.2 Å². The lowest BCUT2D eigenvalue weighted by Crippen LogP contribution is -2.20. The Hall–Kier alpha value is -1.13. The van der Waals surface area contributed by atoms with Gasteiger partial charge < -0.3 is 0 Å². The number of amides is 1. The van der Waals surface area contributed by atoms with Crippen LogP contribution in [0.5, 0.6) is 0 Å². The van der Waals surface area contributed by atoms with E-state index >= 15 is 0 Å². The van der Waals surface area contributed by atoms with E-state index in [0.29, 0.717) is 0 Å². The SMILES string of the molecule is O=C(NN=C1CCCC1)c1nc(Cl)ccc1Cl. The van der Waals surface area contributed by atoms with E-state index in [4.69, 9.17) is 23.2 Å². The van der Waals surface area contributed by atoms with Crippen molar-refractivity contribution in [1.29, 1.82) is 0 Å². The first-order valence-corrected chi connectivity index (χ1v) is 6.10. The predicted octanol–water partition coefficient (Wildman–Crippen LogP) is 3.05. The molecular weight excluding hydrogens is 261 g/mol. The maximum Gasteiger partial charge on any atom is 0.291 e. The third-order valence-corrected chi connectivity index (χ3v) is 3.04. The normalized spacial score (nSPS) is 14.8. The smallest absolute Gasteiger partial charge is 0.265 e. The summed E-state index contributed by atoms with van der Waals surface area (Å²) in [5.41, 5.74) is 3.56. The summed E-state index contributed by atoms with van der Waals surface area (Å²) in [6.45, 7) is 0. The largest absolute Gasteiger partial charge is 0.291 e. The summed E-state index contributed by atoms with van der Waals surface area (Å²) >= 11 is 11.6. The number of hydrogen-bond donors (Lipinski definition) is 1. The fraction of sp³-hybridized carbons (Fsp3) is 0.364. The molecule has 1 N–H and O–H groups in total. The second-order valence-corrected chi connectivity index (χ2v) is 4.58. The molecule has 0 spiro atoms. The lowest BCUT2D eigenvalue weighted by atomic mass is 10.3. The molecule has 1 fully saturated rings. The zero-order valence-corrected chi connectivity index (χ0v) is 10.6. The number of hydrogen-bond acceptors (Lipinski definition) is 3. The summed E-state index contributed by atoms with van der Waals surface area (Å²) in [7, 11) is 0. The highest BCUT2D eigenvalue weighted by Gasteiger charge is 2.13. The average Bonchev–Trinajstić information content (AvgIpc) is 2.82. The van der Waals surface area contributed by atoms with Crippen molar-refractivity contribution in [2.75, 3.05) is 0 Å². The Balaban J connectivity index is 2.09. The van der Waals surface area contributed by atoms with Gasteiger partial charge in [0, 0.05) is 5.71 Å². The third-order valence-electron chi connectivity index (χ3n) is 2.52. The van der Waals surface area contributed by atoms with Crippen LogP contribution < -0.4 is 5.43 Å². The number of carbonyl (C=O) groups excluding carboxylic acids is 1. The Morgan fingerprint density at radius 2 is 2.00 bits per heavy atom. The second-order valence-electron chi connectivity index (χ2n) is 3.79. The van der Waals surface area contributed by atoms with Crippen LogP contribution >= 0.6 is 23.2 Å². The topological polar surface area (TPSA) is 54.4 Å². The molecule has 0 saturated heterocycles. The standard InChI is InChI=1S/C11H11Cl2N3O/c12-8-5-6-9(13)14-10(8)11(17)16-15-7-3-1-2-4-7/h5-6H,1-4H2,(H,16,17). The predicted molar refractivity (Wildman–Crippen MR) is 67.6 cm³/mol. The van der Waals surface area contributed by atoms with Gasteiger partial charge in [-0.1, -0.05) is 23.2 Å². The number of nitrogens with one attached hydrogen (secondary N) is 1. The third kappa shape index (κ3) is 3.17. The highest BCUT2D eigenvalue weighted by atomic mass is 35.5. The van der Waals surface area contributed by atoms with Crippen LogP contribution in [0.3, 0.4) is 0 Å². The van der Waals surface area contributed by atoms with E-state index in [1.54, 1.807) is 0 Å². The Kier molecular flexibility index (Phi) is 3.97. The molecule has 1 aliphatic rings. The second kappa shape index (κ2) is 5.47. The fourth-order valence-corrected chi connectivity index (χ4v) is 1.99. The van der Waals surface area contributed by atoms with Gasteiger partial charge in [0.15, 0.2) is 0 Å².